The monoisotopic (exact) mass is 352 g/mol. The lowest BCUT2D eigenvalue weighted by Gasteiger charge is -2.09. The maximum absolute atomic E-state index is 12.3. The molecule has 0 radical (unpaired) electrons. The lowest BCUT2D eigenvalue weighted by molar-refractivity contribution is 0.0951. The number of carbonyl (C=O) groups is 1. The highest BCUT2D eigenvalue weighted by molar-refractivity contribution is 7.89. The van der Waals surface area contributed by atoms with Gasteiger partial charge in [0.25, 0.3) is 5.91 Å². The van der Waals surface area contributed by atoms with Crippen LogP contribution in [-0.4, -0.2) is 21.4 Å². The number of amides is 1. The van der Waals surface area contributed by atoms with Gasteiger partial charge in [0.05, 0.1) is 15.5 Å². The van der Waals surface area contributed by atoms with Crippen molar-refractivity contribution >= 4 is 27.5 Å². The second kappa shape index (κ2) is 7.12. The van der Waals surface area contributed by atoms with E-state index in [9.17, 15) is 13.2 Å². The topological polar surface area (TPSA) is 75.3 Å². The number of carbonyl (C=O) groups excluding carboxylic acids is 1. The average molecular weight is 353 g/mol. The molecule has 0 unspecified atom stereocenters. The van der Waals surface area contributed by atoms with Crippen LogP contribution in [0.3, 0.4) is 0 Å². The van der Waals surface area contributed by atoms with Crippen molar-refractivity contribution in [2.24, 2.45) is 0 Å². The Balaban J connectivity index is 2.20. The van der Waals surface area contributed by atoms with Crippen LogP contribution in [0, 0.1) is 6.92 Å². The summed E-state index contributed by atoms with van der Waals surface area (Å²) in [6.45, 7) is 2.30. The van der Waals surface area contributed by atoms with Crippen LogP contribution in [0.1, 0.15) is 21.5 Å². The van der Waals surface area contributed by atoms with Crippen molar-refractivity contribution in [3.8, 4) is 0 Å². The van der Waals surface area contributed by atoms with Gasteiger partial charge >= 0.3 is 0 Å². The van der Waals surface area contributed by atoms with E-state index in [2.05, 4.69) is 10.0 Å². The van der Waals surface area contributed by atoms with Gasteiger partial charge in [-0.1, -0.05) is 41.4 Å². The van der Waals surface area contributed by atoms with Gasteiger partial charge in [-0.25, -0.2) is 13.1 Å². The largest absolute Gasteiger partial charge is 0.348 e. The Morgan fingerprint density at radius 1 is 1.17 bits per heavy atom. The van der Waals surface area contributed by atoms with E-state index < -0.39 is 15.9 Å². The first-order valence-electron chi connectivity index (χ1n) is 6.90. The first-order chi connectivity index (χ1) is 10.8. The second-order valence-electron chi connectivity index (χ2n) is 5.02. The summed E-state index contributed by atoms with van der Waals surface area (Å²) in [6.07, 6.45) is 0. The molecular formula is C16H17ClN2O3S. The molecule has 0 atom stereocenters. The lowest BCUT2D eigenvalue weighted by atomic mass is 10.1. The van der Waals surface area contributed by atoms with Gasteiger partial charge in [-0.15, -0.1) is 0 Å². The van der Waals surface area contributed by atoms with Gasteiger partial charge in [0, 0.05) is 6.54 Å². The van der Waals surface area contributed by atoms with Gasteiger partial charge in [0.2, 0.25) is 10.0 Å². The molecule has 0 saturated carbocycles. The molecule has 2 rings (SSSR count). The lowest BCUT2D eigenvalue weighted by Crippen LogP contribution is -2.24. The molecule has 0 aliphatic heterocycles. The quantitative estimate of drug-likeness (QED) is 0.868. The fourth-order valence-corrected chi connectivity index (χ4v) is 3.02. The summed E-state index contributed by atoms with van der Waals surface area (Å²) in [4.78, 5) is 12.3. The van der Waals surface area contributed by atoms with Gasteiger partial charge in [-0.05, 0) is 37.7 Å². The first kappa shape index (κ1) is 17.5. The number of halogens is 1. The number of benzene rings is 2. The molecule has 0 aliphatic rings. The molecule has 1 amide bonds. The van der Waals surface area contributed by atoms with Gasteiger partial charge in [0.1, 0.15) is 0 Å². The molecule has 0 aliphatic carbocycles. The average Bonchev–Trinajstić information content (AvgIpc) is 2.53. The predicted molar refractivity (Wildman–Crippen MR) is 90.0 cm³/mol. The van der Waals surface area contributed by atoms with Crippen molar-refractivity contribution in [1.29, 1.82) is 0 Å². The summed E-state index contributed by atoms with van der Waals surface area (Å²) in [7, 11) is -2.33. The van der Waals surface area contributed by atoms with Crippen molar-refractivity contribution in [2.45, 2.75) is 18.4 Å². The minimum atomic E-state index is -3.63. The molecule has 0 saturated heterocycles. The Morgan fingerprint density at radius 2 is 1.91 bits per heavy atom. The molecule has 23 heavy (non-hydrogen) atoms. The Labute approximate surface area is 140 Å². The molecule has 0 bridgehead atoms. The number of hydrogen-bond acceptors (Lipinski definition) is 3. The molecule has 0 fully saturated rings. The van der Waals surface area contributed by atoms with Crippen LogP contribution in [0.2, 0.25) is 5.02 Å². The predicted octanol–water partition coefficient (Wildman–Crippen LogP) is 2.49. The van der Waals surface area contributed by atoms with Gasteiger partial charge in [0.15, 0.2) is 0 Å². The minimum Gasteiger partial charge on any atom is -0.348 e. The van der Waals surface area contributed by atoms with E-state index in [1.165, 1.54) is 25.2 Å². The van der Waals surface area contributed by atoms with E-state index in [-0.39, 0.29) is 15.5 Å². The molecule has 0 heterocycles. The van der Waals surface area contributed by atoms with Gasteiger partial charge < -0.3 is 5.32 Å². The van der Waals surface area contributed by atoms with Crippen LogP contribution >= 0.6 is 11.6 Å². The zero-order chi connectivity index (χ0) is 17.0. The Hall–Kier alpha value is -1.89. The van der Waals surface area contributed by atoms with E-state index in [0.717, 1.165) is 11.1 Å². The summed E-state index contributed by atoms with van der Waals surface area (Å²) in [6, 6.07) is 11.7. The summed E-state index contributed by atoms with van der Waals surface area (Å²) in [5.74, 6) is -0.426. The fourth-order valence-electron chi connectivity index (χ4n) is 2.06. The van der Waals surface area contributed by atoms with Crippen LogP contribution in [0.25, 0.3) is 0 Å². The summed E-state index contributed by atoms with van der Waals surface area (Å²) < 4.78 is 25.8. The fraction of sp³-hybridized carbons (Fsp3) is 0.188. The summed E-state index contributed by atoms with van der Waals surface area (Å²) in [5.41, 5.74) is 2.17. The van der Waals surface area contributed by atoms with Crippen LogP contribution in [-0.2, 0) is 16.6 Å². The van der Waals surface area contributed by atoms with E-state index in [1.54, 1.807) is 0 Å². The summed E-state index contributed by atoms with van der Waals surface area (Å²) >= 11 is 6.02. The number of hydrogen-bond donors (Lipinski definition) is 2. The molecule has 0 spiro atoms. The van der Waals surface area contributed by atoms with Gasteiger partial charge in [-0.2, -0.15) is 0 Å². The maximum Gasteiger partial charge on any atom is 0.253 e. The highest BCUT2D eigenvalue weighted by Gasteiger charge is 2.17. The highest BCUT2D eigenvalue weighted by Crippen LogP contribution is 2.20. The maximum atomic E-state index is 12.3. The van der Waals surface area contributed by atoms with Crippen molar-refractivity contribution in [3.63, 3.8) is 0 Å². The Kier molecular flexibility index (Phi) is 5.41. The number of aryl methyl sites for hydroxylation is 1. The number of nitrogens with one attached hydrogen (secondary N) is 2. The van der Waals surface area contributed by atoms with Crippen molar-refractivity contribution in [2.75, 3.05) is 7.05 Å². The number of rotatable bonds is 5. The standard InChI is InChI=1S/C16H17ClN2O3S/c1-11-4-3-5-12(8-11)10-19-16(20)14-9-13(6-7-15(14)17)23(21,22)18-2/h3-9,18H,10H2,1-2H3,(H,19,20). The smallest absolute Gasteiger partial charge is 0.253 e. The molecule has 122 valence electrons. The molecule has 2 aromatic rings. The van der Waals surface area contributed by atoms with E-state index in [4.69, 9.17) is 11.6 Å². The van der Waals surface area contributed by atoms with Crippen LogP contribution in [0.15, 0.2) is 47.4 Å². The Morgan fingerprint density at radius 3 is 2.57 bits per heavy atom. The van der Waals surface area contributed by atoms with Crippen LogP contribution in [0.4, 0.5) is 0 Å². The van der Waals surface area contributed by atoms with Crippen LogP contribution in [0.5, 0.6) is 0 Å². The van der Waals surface area contributed by atoms with Crippen molar-refractivity contribution in [1.82, 2.24) is 10.0 Å². The van der Waals surface area contributed by atoms with Crippen molar-refractivity contribution < 1.29 is 13.2 Å². The third-order valence-corrected chi connectivity index (χ3v) is 5.04. The molecule has 2 N–H and O–H groups in total. The zero-order valence-electron chi connectivity index (χ0n) is 12.8. The minimum absolute atomic E-state index is 0.00916. The molecular weight excluding hydrogens is 336 g/mol. The Bertz CT molecular complexity index is 835. The zero-order valence-corrected chi connectivity index (χ0v) is 14.3. The molecule has 7 heteroatoms. The van der Waals surface area contributed by atoms with Crippen molar-refractivity contribution in [3.05, 3.63) is 64.2 Å². The van der Waals surface area contributed by atoms with E-state index in [1.807, 2.05) is 31.2 Å². The third kappa shape index (κ3) is 4.31. The summed E-state index contributed by atoms with van der Waals surface area (Å²) in [5, 5.41) is 2.94. The van der Waals surface area contributed by atoms with E-state index >= 15 is 0 Å². The normalized spacial score (nSPS) is 11.3. The second-order valence-corrected chi connectivity index (χ2v) is 7.31. The van der Waals surface area contributed by atoms with Gasteiger partial charge in [-0.3, -0.25) is 4.79 Å². The SMILES string of the molecule is CNS(=O)(=O)c1ccc(Cl)c(C(=O)NCc2cccc(C)c2)c1. The first-order valence-corrected chi connectivity index (χ1v) is 8.76. The van der Waals surface area contributed by atoms with E-state index in [0.29, 0.717) is 6.54 Å². The third-order valence-electron chi connectivity index (χ3n) is 3.30. The highest BCUT2D eigenvalue weighted by atomic mass is 35.5. The number of sulfonamides is 1. The molecule has 2 aromatic carbocycles. The molecule has 5 nitrogen and oxygen atoms in total. The van der Waals surface area contributed by atoms with Crippen LogP contribution < -0.4 is 10.0 Å². The molecule has 0 aromatic heterocycles.